The van der Waals surface area contributed by atoms with Crippen molar-refractivity contribution in [2.75, 3.05) is 18.5 Å². The van der Waals surface area contributed by atoms with E-state index >= 15 is 0 Å². The second-order valence-corrected chi connectivity index (χ2v) is 3.19. The van der Waals surface area contributed by atoms with Crippen LogP contribution in [0, 0.1) is 5.82 Å². The number of carbonyl (C=O) groups excluding carboxylic acids is 1. The number of hydrogen-bond acceptors (Lipinski definition) is 3. The van der Waals surface area contributed by atoms with Gasteiger partial charge in [-0.05, 0) is 25.1 Å². The van der Waals surface area contributed by atoms with Crippen LogP contribution in [-0.2, 0) is 9.53 Å². The Morgan fingerprint density at radius 1 is 1.56 bits per heavy atom. The molecule has 0 saturated carbocycles. The van der Waals surface area contributed by atoms with Crippen molar-refractivity contribution in [1.29, 1.82) is 0 Å². The largest absolute Gasteiger partial charge is 0.463 e. The minimum atomic E-state index is -0.439. The Bertz CT molecular complexity index is 390. The van der Waals surface area contributed by atoms with Crippen LogP contribution < -0.4 is 5.32 Å². The molecule has 1 aromatic carbocycles. The van der Waals surface area contributed by atoms with Gasteiger partial charge < -0.3 is 10.1 Å². The quantitative estimate of drug-likeness (QED) is 0.615. The SMILES string of the molecule is C=C(CNc1cccc(F)c1)C(=O)OCC. The second kappa shape index (κ2) is 5.90. The van der Waals surface area contributed by atoms with E-state index in [1.54, 1.807) is 19.1 Å². The molecule has 1 N–H and O–H groups in total. The highest BCUT2D eigenvalue weighted by Gasteiger charge is 2.06. The average molecular weight is 223 g/mol. The zero-order valence-corrected chi connectivity index (χ0v) is 9.13. The van der Waals surface area contributed by atoms with Gasteiger partial charge in [-0.25, -0.2) is 9.18 Å². The summed E-state index contributed by atoms with van der Waals surface area (Å²) in [6.45, 7) is 5.86. The molecule has 0 aliphatic carbocycles. The van der Waals surface area contributed by atoms with E-state index in [1.807, 2.05) is 0 Å². The number of carbonyl (C=O) groups is 1. The molecule has 1 aromatic rings. The average Bonchev–Trinajstić information content (AvgIpc) is 2.26. The third kappa shape index (κ3) is 3.73. The van der Waals surface area contributed by atoms with Gasteiger partial charge in [0.05, 0.1) is 6.61 Å². The highest BCUT2D eigenvalue weighted by molar-refractivity contribution is 5.88. The van der Waals surface area contributed by atoms with Crippen molar-refractivity contribution in [3.8, 4) is 0 Å². The smallest absolute Gasteiger partial charge is 0.335 e. The Morgan fingerprint density at radius 2 is 2.31 bits per heavy atom. The van der Waals surface area contributed by atoms with Crippen LogP contribution in [0.5, 0.6) is 0 Å². The third-order valence-corrected chi connectivity index (χ3v) is 1.89. The van der Waals surface area contributed by atoms with Crippen LogP contribution in [0.2, 0.25) is 0 Å². The Labute approximate surface area is 93.9 Å². The number of halogens is 1. The van der Waals surface area contributed by atoms with Gasteiger partial charge in [-0.15, -0.1) is 0 Å². The van der Waals surface area contributed by atoms with E-state index in [2.05, 4.69) is 11.9 Å². The van der Waals surface area contributed by atoms with E-state index in [9.17, 15) is 9.18 Å². The van der Waals surface area contributed by atoms with Gasteiger partial charge in [0, 0.05) is 17.8 Å². The summed E-state index contributed by atoms with van der Waals surface area (Å²) < 4.78 is 17.6. The van der Waals surface area contributed by atoms with Crippen LogP contribution in [0.25, 0.3) is 0 Å². The maximum Gasteiger partial charge on any atom is 0.335 e. The maximum absolute atomic E-state index is 12.8. The lowest BCUT2D eigenvalue weighted by Crippen LogP contribution is -2.14. The number of hydrogen-bond donors (Lipinski definition) is 1. The minimum Gasteiger partial charge on any atom is -0.463 e. The zero-order chi connectivity index (χ0) is 12.0. The van der Waals surface area contributed by atoms with Gasteiger partial charge in [0.25, 0.3) is 0 Å². The number of ether oxygens (including phenoxy) is 1. The summed E-state index contributed by atoms with van der Waals surface area (Å²) in [5, 5.41) is 2.88. The van der Waals surface area contributed by atoms with E-state index in [0.717, 1.165) is 0 Å². The molecule has 1 rings (SSSR count). The molecule has 0 radical (unpaired) electrons. The van der Waals surface area contributed by atoms with Crippen molar-refractivity contribution >= 4 is 11.7 Å². The summed E-state index contributed by atoms with van der Waals surface area (Å²) in [6, 6.07) is 6.00. The second-order valence-electron chi connectivity index (χ2n) is 3.19. The van der Waals surface area contributed by atoms with E-state index in [-0.39, 0.29) is 12.4 Å². The molecule has 0 aliphatic rings. The maximum atomic E-state index is 12.8. The molecule has 0 aromatic heterocycles. The van der Waals surface area contributed by atoms with Gasteiger partial charge in [0.1, 0.15) is 5.82 Å². The summed E-state index contributed by atoms with van der Waals surface area (Å²) in [5.74, 6) is -0.766. The monoisotopic (exact) mass is 223 g/mol. The molecule has 0 unspecified atom stereocenters. The molecule has 16 heavy (non-hydrogen) atoms. The number of esters is 1. The van der Waals surface area contributed by atoms with Crippen molar-refractivity contribution in [3.05, 3.63) is 42.2 Å². The molecule has 86 valence electrons. The molecule has 0 heterocycles. The van der Waals surface area contributed by atoms with Crippen LogP contribution in [0.3, 0.4) is 0 Å². The van der Waals surface area contributed by atoms with E-state index in [0.29, 0.717) is 17.9 Å². The first-order valence-electron chi connectivity index (χ1n) is 4.98. The molecular weight excluding hydrogens is 209 g/mol. The Hall–Kier alpha value is -1.84. The Kier molecular flexibility index (Phi) is 4.51. The van der Waals surface area contributed by atoms with Crippen molar-refractivity contribution in [2.24, 2.45) is 0 Å². The molecule has 4 heteroatoms. The molecule has 0 atom stereocenters. The van der Waals surface area contributed by atoms with Crippen LogP contribution in [0.4, 0.5) is 10.1 Å². The first kappa shape index (κ1) is 12.2. The third-order valence-electron chi connectivity index (χ3n) is 1.89. The normalized spacial score (nSPS) is 9.62. The number of anilines is 1. The van der Waals surface area contributed by atoms with Crippen molar-refractivity contribution in [1.82, 2.24) is 0 Å². The summed E-state index contributed by atoms with van der Waals surface area (Å²) in [4.78, 5) is 11.2. The number of rotatable bonds is 5. The lowest BCUT2D eigenvalue weighted by atomic mass is 10.2. The minimum absolute atomic E-state index is 0.238. The van der Waals surface area contributed by atoms with Crippen LogP contribution in [0.1, 0.15) is 6.92 Å². The summed E-state index contributed by atoms with van der Waals surface area (Å²) in [5.41, 5.74) is 0.913. The van der Waals surface area contributed by atoms with Gasteiger partial charge in [-0.3, -0.25) is 0 Å². The lowest BCUT2D eigenvalue weighted by Gasteiger charge is -2.08. The highest BCUT2D eigenvalue weighted by atomic mass is 19.1. The van der Waals surface area contributed by atoms with E-state index in [4.69, 9.17) is 4.74 Å². The molecule has 0 saturated heterocycles. The molecule has 0 amide bonds. The molecule has 0 bridgehead atoms. The van der Waals surface area contributed by atoms with Crippen molar-refractivity contribution < 1.29 is 13.9 Å². The molecule has 0 fully saturated rings. The predicted molar refractivity (Wildman–Crippen MR) is 60.7 cm³/mol. The molecule has 0 spiro atoms. The topological polar surface area (TPSA) is 38.3 Å². The summed E-state index contributed by atoms with van der Waals surface area (Å²) in [6.07, 6.45) is 0. The number of benzene rings is 1. The first-order valence-corrected chi connectivity index (χ1v) is 4.98. The molecule has 3 nitrogen and oxygen atoms in total. The Morgan fingerprint density at radius 3 is 2.94 bits per heavy atom. The zero-order valence-electron chi connectivity index (χ0n) is 9.13. The van der Waals surface area contributed by atoms with Crippen molar-refractivity contribution in [3.63, 3.8) is 0 Å². The van der Waals surface area contributed by atoms with Crippen LogP contribution in [-0.4, -0.2) is 19.1 Å². The standard InChI is InChI=1S/C12H14FNO2/c1-3-16-12(15)9(2)8-14-11-6-4-5-10(13)7-11/h4-7,14H,2-3,8H2,1H3. The van der Waals surface area contributed by atoms with Gasteiger partial charge in [-0.2, -0.15) is 0 Å². The van der Waals surface area contributed by atoms with Crippen molar-refractivity contribution in [2.45, 2.75) is 6.92 Å². The van der Waals surface area contributed by atoms with Crippen LogP contribution in [0.15, 0.2) is 36.4 Å². The van der Waals surface area contributed by atoms with Gasteiger partial charge in [0.15, 0.2) is 0 Å². The fourth-order valence-corrected chi connectivity index (χ4v) is 1.11. The van der Waals surface area contributed by atoms with Crippen LogP contribution >= 0.6 is 0 Å². The van der Waals surface area contributed by atoms with Gasteiger partial charge in [-0.1, -0.05) is 12.6 Å². The van der Waals surface area contributed by atoms with Gasteiger partial charge >= 0.3 is 5.97 Å². The lowest BCUT2D eigenvalue weighted by molar-refractivity contribution is -0.138. The first-order chi connectivity index (χ1) is 7.63. The Balaban J connectivity index is 2.46. The van der Waals surface area contributed by atoms with E-state index in [1.165, 1.54) is 12.1 Å². The molecular formula is C12H14FNO2. The predicted octanol–water partition coefficient (Wildman–Crippen LogP) is 2.36. The van der Waals surface area contributed by atoms with E-state index < -0.39 is 5.97 Å². The number of nitrogens with one attached hydrogen (secondary N) is 1. The fraction of sp³-hybridized carbons (Fsp3) is 0.250. The summed E-state index contributed by atoms with van der Waals surface area (Å²) >= 11 is 0. The fourth-order valence-electron chi connectivity index (χ4n) is 1.11. The molecule has 0 aliphatic heterocycles. The summed E-state index contributed by atoms with van der Waals surface area (Å²) in [7, 11) is 0. The highest BCUT2D eigenvalue weighted by Crippen LogP contribution is 2.09. The van der Waals surface area contributed by atoms with Gasteiger partial charge in [0.2, 0.25) is 0 Å².